The second kappa shape index (κ2) is 11.3. The van der Waals surface area contributed by atoms with Crippen LogP contribution >= 0.6 is 6.64 Å². The highest BCUT2D eigenvalue weighted by Crippen LogP contribution is 2.48. The van der Waals surface area contributed by atoms with Gasteiger partial charge in [0.25, 0.3) is 13.1 Å². The molecule has 2 fully saturated rings. The van der Waals surface area contributed by atoms with Crippen LogP contribution in [0.4, 0.5) is 5.82 Å². The van der Waals surface area contributed by atoms with Gasteiger partial charge in [-0.15, -0.1) is 0 Å². The molecule has 7 atom stereocenters. The number of nitrogens with two attached hydrogens (primary N) is 1. The van der Waals surface area contributed by atoms with Gasteiger partial charge in [0.15, 0.2) is 17.7 Å². The Labute approximate surface area is 213 Å². The Kier molecular flexibility index (Phi) is 8.54. The average molecular weight is 547 g/mol. The smallest absolute Gasteiger partial charge is 0.323 e. The van der Waals surface area contributed by atoms with E-state index in [9.17, 15) is 4.79 Å². The first kappa shape index (κ1) is 27.2. The molecular weight excluding hydrogens is 515 g/mol. The molecular formula is C20H31N6O8PS. The zero-order valence-electron chi connectivity index (χ0n) is 20.6. The Morgan fingerprint density at radius 1 is 1.25 bits per heavy atom. The summed E-state index contributed by atoms with van der Waals surface area (Å²) < 4.78 is 42.3. The van der Waals surface area contributed by atoms with Gasteiger partial charge in [0.2, 0.25) is 0 Å². The van der Waals surface area contributed by atoms with Crippen LogP contribution in [0.1, 0.15) is 33.9 Å². The highest BCUT2D eigenvalue weighted by molar-refractivity contribution is 8.09. The molecule has 3 unspecified atom stereocenters. The van der Waals surface area contributed by atoms with Gasteiger partial charge in [0.1, 0.15) is 36.2 Å². The first-order chi connectivity index (χ1) is 17.2. The Morgan fingerprint density at radius 2 is 2.00 bits per heavy atom. The number of imidazole rings is 1. The molecule has 4 heterocycles. The molecule has 16 heteroatoms. The van der Waals surface area contributed by atoms with Gasteiger partial charge in [0.05, 0.1) is 26.1 Å². The summed E-state index contributed by atoms with van der Waals surface area (Å²) in [4.78, 5) is 24.6. The van der Waals surface area contributed by atoms with E-state index in [1.165, 1.54) is 13.4 Å². The number of esters is 1. The Bertz CT molecular complexity index is 1120. The molecule has 2 aromatic heterocycles. The van der Waals surface area contributed by atoms with E-state index in [1.807, 2.05) is 20.8 Å². The molecule has 36 heavy (non-hydrogen) atoms. The quantitative estimate of drug-likeness (QED) is 0.305. The van der Waals surface area contributed by atoms with Crippen LogP contribution in [0.3, 0.4) is 0 Å². The number of hydrogen-bond acceptors (Lipinski definition) is 13. The molecule has 0 saturated carbocycles. The molecule has 2 aliphatic rings. The summed E-state index contributed by atoms with van der Waals surface area (Å²) in [5.41, 5.74) is 6.87. The SMILES string of the molecule is CCOC1O[C@@H]2[C@H](O1)[C@@H](COP(=S)(NC(C)C(=O)OC)OC(C)C)O[C@H]2n1cnc2c(N)ncnc21. The van der Waals surface area contributed by atoms with Crippen LogP contribution in [0.15, 0.2) is 12.7 Å². The second-order valence-electron chi connectivity index (χ2n) is 8.41. The van der Waals surface area contributed by atoms with Crippen LogP contribution in [-0.4, -0.2) is 82.7 Å². The topological polar surface area (TPSA) is 163 Å². The van der Waals surface area contributed by atoms with Gasteiger partial charge in [-0.2, -0.15) is 0 Å². The largest absolute Gasteiger partial charge is 0.468 e. The highest BCUT2D eigenvalue weighted by atomic mass is 32.5. The lowest BCUT2D eigenvalue weighted by Gasteiger charge is -2.29. The van der Waals surface area contributed by atoms with E-state index in [4.69, 9.17) is 50.3 Å². The maximum absolute atomic E-state index is 12.0. The Hall–Kier alpha value is -1.81. The number of carbonyl (C=O) groups excluding carboxylic acids is 1. The minimum atomic E-state index is -3.12. The molecule has 200 valence electrons. The van der Waals surface area contributed by atoms with Crippen molar-refractivity contribution in [3.63, 3.8) is 0 Å². The number of hydrogen-bond donors (Lipinski definition) is 2. The highest BCUT2D eigenvalue weighted by Gasteiger charge is 2.54. The summed E-state index contributed by atoms with van der Waals surface area (Å²) in [6, 6.07) is -0.736. The van der Waals surface area contributed by atoms with E-state index in [0.717, 1.165) is 0 Å². The molecule has 0 aliphatic carbocycles. The van der Waals surface area contributed by atoms with Crippen LogP contribution in [0.2, 0.25) is 0 Å². The van der Waals surface area contributed by atoms with Crippen LogP contribution < -0.4 is 10.8 Å². The molecule has 2 aromatic rings. The molecule has 2 saturated heterocycles. The van der Waals surface area contributed by atoms with Crippen molar-refractivity contribution >= 4 is 41.4 Å². The summed E-state index contributed by atoms with van der Waals surface area (Å²) in [6.07, 6.45) is 0.261. The molecule has 2 aliphatic heterocycles. The van der Waals surface area contributed by atoms with Crippen LogP contribution in [-0.2, 0) is 49.3 Å². The maximum Gasteiger partial charge on any atom is 0.323 e. The monoisotopic (exact) mass is 546 g/mol. The molecule has 4 rings (SSSR count). The molecule has 14 nitrogen and oxygen atoms in total. The number of anilines is 1. The zero-order valence-corrected chi connectivity index (χ0v) is 22.3. The summed E-state index contributed by atoms with van der Waals surface area (Å²) in [5.74, 6) is -0.237. The lowest BCUT2D eigenvalue weighted by atomic mass is 10.1. The lowest BCUT2D eigenvalue weighted by Crippen LogP contribution is -2.36. The number of nitrogens with zero attached hydrogens (tertiary/aromatic N) is 4. The van der Waals surface area contributed by atoms with Crippen LogP contribution in [0.5, 0.6) is 0 Å². The molecule has 3 N–H and O–H groups in total. The predicted octanol–water partition coefficient (Wildman–Crippen LogP) is 1.23. The average Bonchev–Trinajstić information content (AvgIpc) is 3.51. The summed E-state index contributed by atoms with van der Waals surface area (Å²) in [6.45, 7) is 3.50. The van der Waals surface area contributed by atoms with Crippen molar-refractivity contribution in [2.24, 2.45) is 0 Å². The van der Waals surface area contributed by atoms with E-state index < -0.39 is 49.7 Å². The van der Waals surface area contributed by atoms with Gasteiger partial charge in [-0.25, -0.2) is 20.0 Å². The Balaban J connectivity index is 1.56. The van der Waals surface area contributed by atoms with Crippen molar-refractivity contribution < 1.29 is 37.5 Å². The summed E-state index contributed by atoms with van der Waals surface area (Å²) in [5, 5.41) is 2.97. The van der Waals surface area contributed by atoms with E-state index in [-0.39, 0.29) is 18.5 Å². The first-order valence-electron chi connectivity index (χ1n) is 11.4. The minimum Gasteiger partial charge on any atom is -0.468 e. The fourth-order valence-corrected chi connectivity index (χ4v) is 6.80. The van der Waals surface area contributed by atoms with Crippen molar-refractivity contribution in [2.75, 3.05) is 26.1 Å². The zero-order chi connectivity index (χ0) is 26.0. The number of aromatic nitrogens is 4. The standard InChI is InChI=1S/C20H31N6O8PS/c1-6-29-20-32-14-12(7-30-35(36,34-10(2)3)25-11(4)19(27)28-5)31-18(15(14)33-20)26-9-24-13-16(21)22-8-23-17(13)26/h8-12,14-15,18,20H,6-7H2,1-5H3,(H,25,36)(H2,21,22,23)/t11?,12-,14-,15-,18-,20?,35?/m1/s1. The van der Waals surface area contributed by atoms with Crippen molar-refractivity contribution in [2.45, 2.75) is 70.9 Å². The third-order valence-corrected chi connectivity index (χ3v) is 8.23. The predicted molar refractivity (Wildman–Crippen MR) is 130 cm³/mol. The first-order valence-corrected chi connectivity index (χ1v) is 14.1. The van der Waals surface area contributed by atoms with E-state index in [0.29, 0.717) is 17.8 Å². The number of nitrogen functional groups attached to an aromatic ring is 1. The van der Waals surface area contributed by atoms with Crippen molar-refractivity contribution in [3.05, 3.63) is 12.7 Å². The molecule has 0 radical (unpaired) electrons. The van der Waals surface area contributed by atoms with Crippen molar-refractivity contribution in [1.82, 2.24) is 24.6 Å². The van der Waals surface area contributed by atoms with Gasteiger partial charge in [-0.1, -0.05) is 0 Å². The van der Waals surface area contributed by atoms with Gasteiger partial charge in [-0.05, 0) is 39.5 Å². The summed E-state index contributed by atoms with van der Waals surface area (Å²) >= 11 is 5.68. The van der Waals surface area contributed by atoms with Crippen LogP contribution in [0, 0.1) is 0 Å². The fourth-order valence-electron chi connectivity index (χ4n) is 3.95. The minimum absolute atomic E-state index is 0.00544. The molecule has 0 aromatic carbocycles. The molecule has 0 bridgehead atoms. The number of nitrogens with one attached hydrogen (secondary N) is 1. The third kappa shape index (κ3) is 5.69. The van der Waals surface area contributed by atoms with Gasteiger partial charge in [-0.3, -0.25) is 9.36 Å². The van der Waals surface area contributed by atoms with Gasteiger partial charge in [0, 0.05) is 6.61 Å². The Morgan fingerprint density at radius 3 is 2.69 bits per heavy atom. The van der Waals surface area contributed by atoms with E-state index in [1.54, 1.807) is 17.8 Å². The third-order valence-electron chi connectivity index (χ3n) is 5.45. The fraction of sp³-hybridized carbons (Fsp3) is 0.700. The maximum atomic E-state index is 12.0. The number of ether oxygens (including phenoxy) is 5. The summed E-state index contributed by atoms with van der Waals surface area (Å²) in [7, 11) is 1.30. The molecule has 0 amide bonds. The second-order valence-corrected chi connectivity index (χ2v) is 11.6. The number of carbonyl (C=O) groups is 1. The van der Waals surface area contributed by atoms with Crippen LogP contribution in [0.25, 0.3) is 11.2 Å². The van der Waals surface area contributed by atoms with Crippen molar-refractivity contribution in [3.8, 4) is 0 Å². The normalized spacial score (nSPS) is 28.3. The lowest BCUT2D eigenvalue weighted by molar-refractivity contribution is -0.265. The van der Waals surface area contributed by atoms with Gasteiger partial charge < -0.3 is 38.5 Å². The van der Waals surface area contributed by atoms with E-state index in [2.05, 4.69) is 20.0 Å². The van der Waals surface area contributed by atoms with Crippen molar-refractivity contribution in [1.29, 1.82) is 0 Å². The van der Waals surface area contributed by atoms with E-state index >= 15 is 0 Å². The van der Waals surface area contributed by atoms with Gasteiger partial charge >= 0.3 is 5.97 Å². The number of rotatable bonds is 11. The molecule has 0 spiro atoms. The number of fused-ring (bicyclic) bond motifs is 2. The number of methoxy groups -OCH3 is 1.